The molecular formula is C18H19N5O3. The molecule has 1 amide bonds. The molecule has 0 unspecified atom stereocenters. The maximum Gasteiger partial charge on any atom is 0.329 e. The quantitative estimate of drug-likeness (QED) is 0.770. The number of rotatable bonds is 4. The second kappa shape index (κ2) is 6.21. The van der Waals surface area contributed by atoms with Crippen LogP contribution in [0.2, 0.25) is 0 Å². The van der Waals surface area contributed by atoms with E-state index in [0.717, 1.165) is 21.4 Å². The number of hydrogen-bond donors (Lipinski definition) is 1. The second-order valence-corrected chi connectivity index (χ2v) is 6.54. The highest BCUT2D eigenvalue weighted by Crippen LogP contribution is 2.23. The van der Waals surface area contributed by atoms with Crippen molar-refractivity contribution in [3.8, 4) is 5.69 Å². The van der Waals surface area contributed by atoms with Crippen LogP contribution in [0.15, 0.2) is 36.7 Å². The van der Waals surface area contributed by atoms with Gasteiger partial charge >= 0.3 is 5.97 Å². The Labute approximate surface area is 150 Å². The van der Waals surface area contributed by atoms with Crippen molar-refractivity contribution < 1.29 is 14.7 Å². The summed E-state index contributed by atoms with van der Waals surface area (Å²) < 4.78 is 1.58. The average Bonchev–Trinajstić information content (AvgIpc) is 3.01. The van der Waals surface area contributed by atoms with Gasteiger partial charge in [0.05, 0.1) is 11.4 Å². The van der Waals surface area contributed by atoms with Crippen LogP contribution in [0.25, 0.3) is 16.5 Å². The molecule has 0 aliphatic rings. The molecule has 1 N–H and O–H groups in total. The zero-order valence-electron chi connectivity index (χ0n) is 15.0. The van der Waals surface area contributed by atoms with Crippen molar-refractivity contribution in [3.05, 3.63) is 48.0 Å². The summed E-state index contributed by atoms with van der Waals surface area (Å²) in [6, 6.07) is 7.56. The van der Waals surface area contributed by atoms with Crippen molar-refractivity contribution in [2.75, 3.05) is 7.05 Å². The Morgan fingerprint density at radius 2 is 1.96 bits per heavy atom. The van der Waals surface area contributed by atoms with E-state index < -0.39 is 17.4 Å². The third-order valence-electron chi connectivity index (χ3n) is 4.65. The number of nitrogens with zero attached hydrogens (tertiary/aromatic N) is 5. The number of fused-ring (bicyclic) bond motifs is 1. The minimum Gasteiger partial charge on any atom is -0.480 e. The van der Waals surface area contributed by atoms with Gasteiger partial charge in [-0.1, -0.05) is 17.3 Å². The van der Waals surface area contributed by atoms with Crippen molar-refractivity contribution in [1.82, 2.24) is 24.9 Å². The molecular weight excluding hydrogens is 334 g/mol. The molecule has 2 aromatic heterocycles. The van der Waals surface area contributed by atoms with E-state index in [1.165, 1.54) is 20.9 Å². The van der Waals surface area contributed by atoms with E-state index in [1.807, 2.05) is 24.3 Å². The minimum atomic E-state index is -1.36. The van der Waals surface area contributed by atoms with Crippen LogP contribution in [0.1, 0.15) is 30.0 Å². The van der Waals surface area contributed by atoms with E-state index in [1.54, 1.807) is 24.0 Å². The molecule has 0 radical (unpaired) electrons. The average molecular weight is 353 g/mol. The highest BCUT2D eigenvalue weighted by atomic mass is 16.4. The van der Waals surface area contributed by atoms with Crippen LogP contribution in [0, 0.1) is 6.92 Å². The van der Waals surface area contributed by atoms with Crippen LogP contribution in [-0.4, -0.2) is 54.4 Å². The van der Waals surface area contributed by atoms with Crippen LogP contribution in [0.5, 0.6) is 0 Å². The molecule has 0 saturated heterocycles. The lowest BCUT2D eigenvalue weighted by Crippen LogP contribution is -2.51. The predicted molar refractivity (Wildman–Crippen MR) is 95.2 cm³/mol. The zero-order chi connectivity index (χ0) is 19.1. The fraction of sp³-hybridized carbons (Fsp3) is 0.278. The maximum absolute atomic E-state index is 12.8. The number of carbonyl (C=O) groups excluding carboxylic acids is 1. The van der Waals surface area contributed by atoms with Crippen LogP contribution in [0.4, 0.5) is 0 Å². The molecule has 0 spiro atoms. The van der Waals surface area contributed by atoms with Gasteiger partial charge in [0.25, 0.3) is 5.91 Å². The van der Waals surface area contributed by atoms with Gasteiger partial charge in [0.2, 0.25) is 0 Å². The highest BCUT2D eigenvalue weighted by Gasteiger charge is 2.37. The predicted octanol–water partition coefficient (Wildman–Crippen LogP) is 2.06. The van der Waals surface area contributed by atoms with Crippen molar-refractivity contribution in [2.24, 2.45) is 0 Å². The number of carboxylic acid groups (broad SMARTS) is 1. The van der Waals surface area contributed by atoms with Gasteiger partial charge in [-0.2, -0.15) is 0 Å². The van der Waals surface area contributed by atoms with E-state index in [2.05, 4.69) is 15.3 Å². The first-order chi connectivity index (χ1) is 12.2. The summed E-state index contributed by atoms with van der Waals surface area (Å²) in [6.45, 7) is 4.66. The van der Waals surface area contributed by atoms with Gasteiger partial charge in [0.15, 0.2) is 5.69 Å². The normalized spacial score (nSPS) is 11.5. The zero-order valence-corrected chi connectivity index (χ0v) is 15.0. The Hall–Kier alpha value is -3.29. The minimum absolute atomic E-state index is 0.118. The van der Waals surface area contributed by atoms with Crippen LogP contribution >= 0.6 is 0 Å². The summed E-state index contributed by atoms with van der Waals surface area (Å²) in [5.41, 5.74) is 0.0626. The Kier molecular flexibility index (Phi) is 4.19. The molecule has 3 aromatic rings. The molecule has 0 bridgehead atoms. The van der Waals surface area contributed by atoms with E-state index in [0.29, 0.717) is 5.69 Å². The topological polar surface area (TPSA) is 101 Å². The molecule has 134 valence electrons. The summed E-state index contributed by atoms with van der Waals surface area (Å²) >= 11 is 0. The molecule has 0 saturated carbocycles. The summed E-state index contributed by atoms with van der Waals surface area (Å²) in [7, 11) is 1.44. The maximum atomic E-state index is 12.8. The van der Waals surface area contributed by atoms with Crippen LogP contribution in [0.3, 0.4) is 0 Å². The molecule has 1 aromatic carbocycles. The van der Waals surface area contributed by atoms with Gasteiger partial charge in [-0.05, 0) is 32.9 Å². The standard InChI is InChI=1S/C18H19N5O3/c1-11-15(16(24)22(4)18(2,3)17(25)26)20-21-23(11)14-7-5-6-12-10-19-9-8-13(12)14/h5-10H,1-4H3,(H,25,26). The van der Waals surface area contributed by atoms with E-state index in [9.17, 15) is 14.7 Å². The first kappa shape index (κ1) is 17.5. The Morgan fingerprint density at radius 1 is 1.23 bits per heavy atom. The van der Waals surface area contributed by atoms with Crippen molar-refractivity contribution >= 4 is 22.6 Å². The van der Waals surface area contributed by atoms with Gasteiger partial charge in [0, 0.05) is 30.2 Å². The number of likely N-dealkylation sites (N-methyl/N-ethyl adjacent to an activating group) is 1. The lowest BCUT2D eigenvalue weighted by Gasteiger charge is -2.30. The summed E-state index contributed by atoms with van der Waals surface area (Å²) in [4.78, 5) is 29.4. The second-order valence-electron chi connectivity index (χ2n) is 6.54. The van der Waals surface area contributed by atoms with Gasteiger partial charge < -0.3 is 10.0 Å². The number of benzene rings is 1. The molecule has 3 rings (SSSR count). The van der Waals surface area contributed by atoms with Crippen LogP contribution in [-0.2, 0) is 4.79 Å². The number of aliphatic carboxylic acids is 1. The van der Waals surface area contributed by atoms with Crippen LogP contribution < -0.4 is 0 Å². The Balaban J connectivity index is 2.06. The number of hydrogen-bond acceptors (Lipinski definition) is 5. The van der Waals surface area contributed by atoms with Gasteiger partial charge in [0.1, 0.15) is 5.54 Å². The fourth-order valence-electron chi connectivity index (χ4n) is 2.60. The molecule has 0 aliphatic carbocycles. The monoisotopic (exact) mass is 353 g/mol. The number of aromatic nitrogens is 4. The Bertz CT molecular complexity index is 1000. The number of amides is 1. The lowest BCUT2D eigenvalue weighted by atomic mass is 10.0. The van der Waals surface area contributed by atoms with E-state index in [-0.39, 0.29) is 5.69 Å². The number of pyridine rings is 1. The number of carboxylic acids is 1. The summed E-state index contributed by atoms with van der Waals surface area (Å²) in [5.74, 6) is -1.59. The summed E-state index contributed by atoms with van der Waals surface area (Å²) in [6.07, 6.45) is 3.44. The van der Waals surface area contributed by atoms with Crippen molar-refractivity contribution in [1.29, 1.82) is 0 Å². The Morgan fingerprint density at radius 3 is 2.65 bits per heavy atom. The summed E-state index contributed by atoms with van der Waals surface area (Å²) in [5, 5.41) is 19.3. The van der Waals surface area contributed by atoms with Crippen molar-refractivity contribution in [2.45, 2.75) is 26.3 Å². The van der Waals surface area contributed by atoms with Gasteiger partial charge in [-0.3, -0.25) is 9.78 Å². The smallest absolute Gasteiger partial charge is 0.329 e. The molecule has 8 nitrogen and oxygen atoms in total. The van der Waals surface area contributed by atoms with Crippen molar-refractivity contribution in [3.63, 3.8) is 0 Å². The van der Waals surface area contributed by atoms with E-state index in [4.69, 9.17) is 0 Å². The van der Waals surface area contributed by atoms with Gasteiger partial charge in [-0.25, -0.2) is 9.48 Å². The third kappa shape index (κ3) is 2.69. The molecule has 26 heavy (non-hydrogen) atoms. The largest absolute Gasteiger partial charge is 0.480 e. The molecule has 0 aliphatic heterocycles. The molecule has 2 heterocycles. The lowest BCUT2D eigenvalue weighted by molar-refractivity contribution is -0.147. The molecule has 0 fully saturated rings. The van der Waals surface area contributed by atoms with Gasteiger partial charge in [-0.15, -0.1) is 5.10 Å². The molecule has 8 heteroatoms. The van der Waals surface area contributed by atoms with E-state index >= 15 is 0 Å². The first-order valence-corrected chi connectivity index (χ1v) is 8.02. The first-order valence-electron chi connectivity index (χ1n) is 8.02. The number of carbonyl (C=O) groups is 2. The molecule has 0 atom stereocenters. The third-order valence-corrected chi connectivity index (χ3v) is 4.65. The highest BCUT2D eigenvalue weighted by molar-refractivity contribution is 5.97. The fourth-order valence-corrected chi connectivity index (χ4v) is 2.60. The SMILES string of the molecule is Cc1c(C(=O)N(C)C(C)(C)C(=O)O)nnn1-c1cccc2cnccc12.